The number of ether oxygens (including phenoxy) is 8. The number of esters is 2. The number of aliphatic hydroxyl groups is 1. The molecule has 4 aliphatic carbocycles. The maximum atomic E-state index is 14.3. The number of amides is 5. The second-order valence-corrected chi connectivity index (χ2v) is 32.1. The molecule has 3 saturated heterocycles. The summed E-state index contributed by atoms with van der Waals surface area (Å²) in [5.74, 6) is -11.5. The molecule has 10 aliphatic rings. The number of aromatic hydroxyl groups is 1. The fourth-order valence-corrected chi connectivity index (χ4v) is 18.9. The summed E-state index contributed by atoms with van der Waals surface area (Å²) in [6.07, 6.45) is 15.8. The number of rotatable bonds is 15. The van der Waals surface area contributed by atoms with E-state index in [1.165, 1.54) is 49.1 Å². The van der Waals surface area contributed by atoms with E-state index in [-0.39, 0.29) is 234 Å². The Morgan fingerprint density at radius 2 is 0.906 bits per heavy atom. The number of aliphatic hydroxyl groups excluding tert-OH is 1. The molecule has 0 bridgehead atoms. The van der Waals surface area contributed by atoms with Crippen LogP contribution in [0, 0.1) is 23.3 Å². The molecule has 16 rings (SSSR count). The van der Waals surface area contributed by atoms with Crippen LogP contribution in [-0.4, -0.2) is 233 Å². The SMILES string of the molecule is COC(=O)c1cn([C@H]2CCCC2=O)c(C(=O)OC)c(OC)c1=O.COc1c2n(cc(C(=O)NCc3ccc(F)c(Cl)c3F)c1=O)[C@@H]1CCC[C@@]13OCC[C@H](C)N3C2=O.COc1c2n(cc(C(=O)O)c1=O)[C@@H]1CCC[C@@]13OCC[C@H](C)N3C2=O.C[C@H](N)CCO.C[C@H]1CCO[C@]23CCC[C@H]2n2cc(C(=O)NCc4ccc(F)c(Cl)c4F)c(=O)c(O)c2C(=O)N13.[Br-].[Br-].[Mg+2].[Na+].[OH-]. The van der Waals surface area contributed by atoms with E-state index >= 15 is 0 Å². The van der Waals surface area contributed by atoms with E-state index in [0.717, 1.165) is 76.8 Å². The molecule has 4 aromatic heterocycles. The van der Waals surface area contributed by atoms with Crippen molar-refractivity contribution in [3.8, 4) is 23.0 Å². The van der Waals surface area contributed by atoms with Crippen LogP contribution >= 0.6 is 23.2 Å². The third-order valence-electron chi connectivity index (χ3n) is 24.3. The Hall–Kier alpha value is -8.34. The van der Waals surface area contributed by atoms with Crippen molar-refractivity contribution in [2.75, 3.05) is 62.0 Å². The van der Waals surface area contributed by atoms with Crippen LogP contribution < -0.4 is 116 Å². The Morgan fingerprint density at radius 3 is 1.27 bits per heavy atom. The van der Waals surface area contributed by atoms with Crippen molar-refractivity contribution < 1.29 is 183 Å². The maximum Gasteiger partial charge on any atom is 2.00 e. The molecule has 686 valence electrons. The molecule has 11 atom stereocenters. The second kappa shape index (κ2) is 43.8. The largest absolute Gasteiger partial charge is 2.00 e. The van der Waals surface area contributed by atoms with E-state index in [1.54, 1.807) is 23.8 Å². The van der Waals surface area contributed by atoms with E-state index < -0.39 is 131 Å². The first-order valence-corrected chi connectivity index (χ1v) is 40.8. The summed E-state index contributed by atoms with van der Waals surface area (Å²) in [5, 5.41) is 31.7. The summed E-state index contributed by atoms with van der Waals surface area (Å²) in [7, 11) is 6.04. The molecule has 8 N–H and O–H groups in total. The third kappa shape index (κ3) is 19.2. The first kappa shape index (κ1) is 107. The Morgan fingerprint density at radius 1 is 0.539 bits per heavy atom. The third-order valence-corrected chi connectivity index (χ3v) is 25.0. The average Bonchev–Trinajstić information content (AvgIpc) is 1.39. The van der Waals surface area contributed by atoms with Gasteiger partial charge in [-0.05, 0) is 136 Å². The molecule has 35 nitrogen and oxygen atoms in total. The van der Waals surface area contributed by atoms with Gasteiger partial charge in [0.1, 0.15) is 55.6 Å². The standard InChI is InChI=1S/C24H24ClF2N3O5.C23H22ClF2N3O5.C17H20N2O6.C15H17NO7.C4H11NO.2BrH.Mg.Na.H2O/c1-12-7-9-35-24-8-3-4-16(24)29-11-14(20(31)21(34-2)19(29)23(33)30(12)24)22(32)28-10-13-5-6-15(26)17(25)18(13)27;1-11-6-8-34-23-7-2-3-15(23)28-10-13(19(30)20(31)18(28)22(33)29(11)23)21(32)27-9-12-4-5-14(25)16(24)17(12)26;1-9-5-7-25-17-6-3-4-11(17)18-8-10(16(22)23)13(20)14(24-2)12(18)15(21)19(9)17;1-21-13-11(15(20)23-3)16(9-5-4-6-10(9)17)7-8(12(13)18)14(19)22-2;1-4(5)2-3-6;;;;;/h5-6,11-12,16H,3-4,7-10H2,1-2H3,(H,28,32);4-5,10-11,15,31H,2-3,6-9H2,1H3,(H,27,32);8-9,11H,3-7H2,1-2H3,(H,22,23);7,9H,4-6H2,1-3H3;4,6H,2-3,5H2,1H3;2*1H;;;1H2/q;;;;;;;+2;+1;/p-3/t12-,16+,24+;11-,15+,23+;9-,11+,17+;9-;4-;;;;;/m00000...../s1. The molecule has 0 radical (unpaired) electrons. The molecule has 5 amide bonds. The first-order valence-electron chi connectivity index (χ1n) is 40.0. The number of Topliss-reactive ketones (excluding diaryl/α,β-unsaturated/α-hetero) is 1. The van der Waals surface area contributed by atoms with Crippen molar-refractivity contribution in [3.63, 3.8) is 0 Å². The van der Waals surface area contributed by atoms with E-state index in [4.69, 9.17) is 62.5 Å². The van der Waals surface area contributed by atoms with E-state index in [1.807, 2.05) is 27.7 Å². The molecule has 10 heterocycles. The number of nitrogens with zero attached hydrogens (tertiary/aromatic N) is 7. The molecule has 4 saturated carbocycles. The number of nitrogens with two attached hydrogens (primary N) is 1. The van der Waals surface area contributed by atoms with Crippen molar-refractivity contribution in [3.05, 3.63) is 179 Å². The topological polar surface area (TPSA) is 466 Å². The number of methoxy groups -OCH3 is 5. The molecule has 6 aliphatic heterocycles. The zero-order chi connectivity index (χ0) is 89.5. The minimum absolute atomic E-state index is 0. The predicted octanol–water partition coefficient (Wildman–Crippen LogP) is -1.36. The zero-order valence-electron chi connectivity index (χ0n) is 71.6. The fraction of sp³-hybridized carbons (Fsp3) is 0.506. The number of fused-ring (bicyclic) bond motifs is 6. The van der Waals surface area contributed by atoms with Gasteiger partial charge in [0.05, 0.1) is 79.5 Å². The normalized spacial score (nSPS) is 23.3. The number of nitrogens with one attached hydrogen (secondary N) is 2. The molecule has 128 heavy (non-hydrogen) atoms. The summed E-state index contributed by atoms with van der Waals surface area (Å²) >= 11 is 11.2. The number of aromatic nitrogens is 4. The number of halogens is 8. The van der Waals surface area contributed by atoms with Crippen LogP contribution in [0.2, 0.25) is 10.0 Å². The van der Waals surface area contributed by atoms with Crippen molar-refractivity contribution in [1.29, 1.82) is 0 Å². The summed E-state index contributed by atoms with van der Waals surface area (Å²) in [6, 6.07) is 2.61. The van der Waals surface area contributed by atoms with Gasteiger partial charge in [-0.2, -0.15) is 0 Å². The van der Waals surface area contributed by atoms with Gasteiger partial charge in [0.25, 0.3) is 29.5 Å². The minimum Gasteiger partial charge on any atom is -1.00 e. The molecular weight excluding hydrogens is 1890 g/mol. The Balaban J connectivity index is 0.000000229. The molecule has 2 aromatic carbocycles. The second-order valence-electron chi connectivity index (χ2n) is 31.4. The Labute approximate surface area is 799 Å². The first-order chi connectivity index (χ1) is 58.5. The number of hydrogen-bond donors (Lipinski definition) is 6. The van der Waals surface area contributed by atoms with Gasteiger partial charge in [-0.25, -0.2) is 31.9 Å². The molecule has 6 aromatic rings. The van der Waals surface area contributed by atoms with Gasteiger partial charge in [-0.15, -0.1) is 0 Å². The van der Waals surface area contributed by atoms with Crippen molar-refractivity contribution >= 4 is 99.5 Å². The number of pyridine rings is 4. The van der Waals surface area contributed by atoms with Gasteiger partial charge in [0.2, 0.25) is 21.7 Å². The average molecular weight is 1990 g/mol. The maximum absolute atomic E-state index is 14.3. The van der Waals surface area contributed by atoms with Crippen LogP contribution in [0.5, 0.6) is 23.0 Å². The summed E-state index contributed by atoms with van der Waals surface area (Å²) < 4.78 is 105. The molecule has 7 fully saturated rings. The number of aromatic carboxylic acids is 1. The van der Waals surface area contributed by atoms with Gasteiger partial charge in [0, 0.05) is 86.2 Å². The Kier molecular flexibility index (Phi) is 36.5. The number of carboxylic acid groups (broad SMARTS) is 1. The smallest absolute Gasteiger partial charge is 1.00 e. The van der Waals surface area contributed by atoms with Crippen molar-refractivity contribution in [2.45, 2.75) is 209 Å². The monoisotopic (exact) mass is 1980 g/mol. The van der Waals surface area contributed by atoms with Crippen molar-refractivity contribution in [1.82, 2.24) is 43.6 Å². The summed E-state index contributed by atoms with van der Waals surface area (Å²) in [5.41, 5.74) is -2.21. The number of hydrogen-bond acceptors (Lipinski definition) is 25. The summed E-state index contributed by atoms with van der Waals surface area (Å²) in [6.45, 7) is 8.76. The predicted molar refractivity (Wildman–Crippen MR) is 435 cm³/mol. The molecule has 0 unspecified atom stereocenters. The Bertz CT molecular complexity index is 5560. The summed E-state index contributed by atoms with van der Waals surface area (Å²) in [4.78, 5) is 170. The van der Waals surface area contributed by atoms with Gasteiger partial charge < -0.3 is 142 Å². The van der Waals surface area contributed by atoms with Crippen LogP contribution in [0.1, 0.15) is 249 Å². The van der Waals surface area contributed by atoms with E-state index in [9.17, 15) is 90.1 Å². The van der Waals surface area contributed by atoms with Gasteiger partial charge in [0.15, 0.2) is 68.7 Å². The minimum atomic E-state index is -1.33. The molecule has 3 spiro atoms. The van der Waals surface area contributed by atoms with Crippen LogP contribution in [0.3, 0.4) is 0 Å². The number of ketones is 1. The van der Waals surface area contributed by atoms with E-state index in [2.05, 4.69) is 20.1 Å². The van der Waals surface area contributed by atoms with Crippen LogP contribution in [0.4, 0.5) is 17.6 Å². The number of carbonyl (C=O) groups excluding carboxylic acids is 8. The molecule has 45 heteroatoms. The number of carbonyl (C=O) groups is 9. The van der Waals surface area contributed by atoms with Gasteiger partial charge >= 0.3 is 70.5 Å². The quantitative estimate of drug-likeness (QED) is 0.0299. The zero-order valence-corrected chi connectivity index (χ0v) is 79.7. The fourth-order valence-electron chi connectivity index (χ4n) is 18.5. The van der Waals surface area contributed by atoms with Crippen LogP contribution in [0.25, 0.3) is 0 Å². The van der Waals surface area contributed by atoms with Crippen LogP contribution in [0.15, 0.2) is 68.2 Å². The molecular formula is C83H95Br2Cl2F4MgN10NaO25. The number of carboxylic acids is 1. The number of benzene rings is 2. The van der Waals surface area contributed by atoms with Gasteiger partial charge in [-0.3, -0.25) is 47.9 Å². The van der Waals surface area contributed by atoms with E-state index in [0.29, 0.717) is 90.4 Å². The van der Waals surface area contributed by atoms with Crippen molar-refractivity contribution in [2.24, 2.45) is 5.73 Å². The van der Waals surface area contributed by atoms with Gasteiger partial charge in [-0.1, -0.05) is 35.3 Å². The van der Waals surface area contributed by atoms with Crippen LogP contribution in [-0.2, 0) is 41.6 Å².